The summed E-state index contributed by atoms with van der Waals surface area (Å²) in [7, 11) is 0. The molecule has 3 rings (SSSR count). The van der Waals surface area contributed by atoms with Crippen LogP contribution in [0.2, 0.25) is 0 Å². The summed E-state index contributed by atoms with van der Waals surface area (Å²) in [6, 6.07) is 9.55. The molecule has 1 aliphatic carbocycles. The van der Waals surface area contributed by atoms with Crippen molar-refractivity contribution in [2.45, 2.75) is 54.2 Å². The predicted octanol–water partition coefficient (Wildman–Crippen LogP) is 2.38. The van der Waals surface area contributed by atoms with Crippen molar-refractivity contribution in [3.8, 4) is 6.07 Å². The summed E-state index contributed by atoms with van der Waals surface area (Å²) >= 11 is 1.30. The van der Waals surface area contributed by atoms with Crippen LogP contribution in [-0.2, 0) is 19.1 Å². The van der Waals surface area contributed by atoms with Crippen LogP contribution >= 0.6 is 11.8 Å². The lowest BCUT2D eigenvalue weighted by molar-refractivity contribution is -0.149. The number of anilines is 1. The molecule has 1 aromatic carbocycles. The number of hydrogen-bond acceptors (Lipinski definition) is 6. The van der Waals surface area contributed by atoms with Gasteiger partial charge in [-0.25, -0.2) is 0 Å². The molecule has 7 nitrogen and oxygen atoms in total. The number of carbonyl (C=O) groups is 3. The topological polar surface area (TPSA) is 108 Å². The standard InChI is InChI=1S/C19H21N3O4S/c20-12-19(8-4-1-5-9-19)22-16(23)11-26-17(24)10-15-18(25)21-13-6-2-3-7-14(13)27-15/h2-3,6-7,15H,1,4-5,8-11H2,(H,21,25)(H,22,23)/t15-/m0/s1. The highest BCUT2D eigenvalue weighted by Crippen LogP contribution is 2.36. The Hall–Kier alpha value is -2.53. The van der Waals surface area contributed by atoms with Crippen molar-refractivity contribution in [1.29, 1.82) is 5.26 Å². The van der Waals surface area contributed by atoms with Crippen molar-refractivity contribution in [2.24, 2.45) is 0 Å². The fourth-order valence-electron chi connectivity index (χ4n) is 3.31. The average molecular weight is 387 g/mol. The van der Waals surface area contributed by atoms with Gasteiger partial charge < -0.3 is 15.4 Å². The lowest BCUT2D eigenvalue weighted by Gasteiger charge is -2.31. The molecule has 0 bridgehead atoms. The molecule has 142 valence electrons. The SMILES string of the molecule is N#CC1(NC(=O)COC(=O)C[C@@H]2Sc3ccccc3NC2=O)CCCCC1. The minimum atomic E-state index is -0.857. The van der Waals surface area contributed by atoms with Gasteiger partial charge >= 0.3 is 5.97 Å². The number of ether oxygens (including phenoxy) is 1. The number of thioether (sulfide) groups is 1. The summed E-state index contributed by atoms with van der Waals surface area (Å²) in [4.78, 5) is 37.1. The Morgan fingerprint density at radius 3 is 2.78 bits per heavy atom. The second kappa shape index (κ2) is 8.44. The van der Waals surface area contributed by atoms with Gasteiger partial charge in [-0.2, -0.15) is 5.26 Å². The maximum Gasteiger partial charge on any atom is 0.307 e. The number of carbonyl (C=O) groups excluding carboxylic acids is 3. The molecular formula is C19H21N3O4S. The Labute approximate surface area is 161 Å². The van der Waals surface area contributed by atoms with Gasteiger partial charge in [0, 0.05) is 4.90 Å². The van der Waals surface area contributed by atoms with Gasteiger partial charge in [0.1, 0.15) is 5.54 Å². The van der Waals surface area contributed by atoms with Crippen LogP contribution in [0.4, 0.5) is 5.69 Å². The highest BCUT2D eigenvalue weighted by Gasteiger charge is 2.34. The third kappa shape index (κ3) is 4.80. The molecule has 0 unspecified atom stereocenters. The maximum absolute atomic E-state index is 12.1. The zero-order chi connectivity index (χ0) is 19.3. The predicted molar refractivity (Wildman–Crippen MR) is 99.9 cm³/mol. The van der Waals surface area contributed by atoms with E-state index in [2.05, 4.69) is 16.7 Å². The normalized spacial score (nSPS) is 20.6. The van der Waals surface area contributed by atoms with Crippen LogP contribution in [-0.4, -0.2) is 35.2 Å². The monoisotopic (exact) mass is 387 g/mol. The second-order valence-electron chi connectivity index (χ2n) is 6.76. The molecule has 27 heavy (non-hydrogen) atoms. The fraction of sp³-hybridized carbons (Fsp3) is 0.474. The summed E-state index contributed by atoms with van der Waals surface area (Å²) in [6.07, 6.45) is 3.94. The van der Waals surface area contributed by atoms with E-state index >= 15 is 0 Å². The van der Waals surface area contributed by atoms with Gasteiger partial charge in [-0.05, 0) is 25.0 Å². The number of esters is 1. The third-order valence-electron chi connectivity index (χ3n) is 4.72. The van der Waals surface area contributed by atoms with Gasteiger partial charge in [-0.1, -0.05) is 31.4 Å². The summed E-state index contributed by atoms with van der Waals surface area (Å²) in [5.41, 5.74) is -0.129. The first-order chi connectivity index (χ1) is 13.0. The number of hydrogen-bond donors (Lipinski definition) is 2. The van der Waals surface area contributed by atoms with E-state index in [9.17, 15) is 19.6 Å². The number of fused-ring (bicyclic) bond motifs is 1. The van der Waals surface area contributed by atoms with Crippen molar-refractivity contribution in [3.63, 3.8) is 0 Å². The maximum atomic E-state index is 12.1. The Kier molecular flexibility index (Phi) is 6.01. The van der Waals surface area contributed by atoms with Crippen molar-refractivity contribution in [3.05, 3.63) is 24.3 Å². The Bertz CT molecular complexity index is 783. The van der Waals surface area contributed by atoms with Gasteiger partial charge in [-0.3, -0.25) is 14.4 Å². The van der Waals surface area contributed by atoms with Gasteiger partial charge in [-0.15, -0.1) is 11.8 Å². The van der Waals surface area contributed by atoms with Gasteiger partial charge in [0.2, 0.25) is 5.91 Å². The average Bonchev–Trinajstić information content (AvgIpc) is 2.68. The summed E-state index contributed by atoms with van der Waals surface area (Å²) in [5.74, 6) is -1.37. The molecule has 1 saturated carbocycles. The summed E-state index contributed by atoms with van der Waals surface area (Å²) in [5, 5.41) is 14.2. The van der Waals surface area contributed by atoms with E-state index in [-0.39, 0.29) is 12.3 Å². The van der Waals surface area contributed by atoms with Crippen molar-refractivity contribution < 1.29 is 19.1 Å². The molecule has 1 aromatic rings. The number of para-hydroxylation sites is 1. The fourth-order valence-corrected chi connectivity index (χ4v) is 4.40. The first kappa shape index (κ1) is 19.2. The van der Waals surface area contributed by atoms with E-state index in [1.807, 2.05) is 18.2 Å². The zero-order valence-corrected chi connectivity index (χ0v) is 15.6. The molecule has 1 heterocycles. The number of amides is 2. The highest BCUT2D eigenvalue weighted by atomic mass is 32.2. The minimum absolute atomic E-state index is 0.124. The largest absolute Gasteiger partial charge is 0.456 e. The van der Waals surface area contributed by atoms with Crippen LogP contribution in [0.1, 0.15) is 38.5 Å². The quantitative estimate of drug-likeness (QED) is 0.751. The molecule has 1 fully saturated rings. The third-order valence-corrected chi connectivity index (χ3v) is 6.00. The molecule has 2 amide bonds. The van der Waals surface area contributed by atoms with Gasteiger partial charge in [0.15, 0.2) is 6.61 Å². The minimum Gasteiger partial charge on any atom is -0.456 e. The molecule has 2 aliphatic rings. The smallest absolute Gasteiger partial charge is 0.307 e. The molecule has 2 N–H and O–H groups in total. The summed E-state index contributed by atoms with van der Waals surface area (Å²) in [6.45, 7) is -0.447. The molecular weight excluding hydrogens is 366 g/mol. The molecule has 0 saturated heterocycles. The molecule has 0 spiro atoms. The van der Waals surface area contributed by atoms with Gasteiger partial charge in [0.05, 0.1) is 23.4 Å². The number of rotatable bonds is 5. The van der Waals surface area contributed by atoms with Crippen LogP contribution < -0.4 is 10.6 Å². The molecule has 1 atom stereocenters. The molecule has 8 heteroatoms. The molecule has 0 radical (unpaired) electrons. The van der Waals surface area contributed by atoms with E-state index in [1.54, 1.807) is 6.07 Å². The number of benzene rings is 1. The second-order valence-corrected chi connectivity index (χ2v) is 8.00. The van der Waals surface area contributed by atoms with Crippen LogP contribution in [0.3, 0.4) is 0 Å². The Balaban J connectivity index is 1.48. The Morgan fingerprint density at radius 2 is 2.04 bits per heavy atom. The van der Waals surface area contributed by atoms with E-state index in [0.717, 1.165) is 29.8 Å². The number of nitriles is 1. The number of nitrogens with one attached hydrogen (secondary N) is 2. The zero-order valence-electron chi connectivity index (χ0n) is 14.8. The lowest BCUT2D eigenvalue weighted by Crippen LogP contribution is -2.50. The number of nitrogens with zero attached hydrogens (tertiary/aromatic N) is 1. The van der Waals surface area contributed by atoms with Gasteiger partial charge in [0.25, 0.3) is 5.91 Å². The highest BCUT2D eigenvalue weighted by molar-refractivity contribution is 8.01. The lowest BCUT2D eigenvalue weighted by atomic mass is 9.83. The first-order valence-electron chi connectivity index (χ1n) is 8.96. The van der Waals surface area contributed by atoms with Crippen LogP contribution in [0, 0.1) is 11.3 Å². The van der Waals surface area contributed by atoms with Crippen LogP contribution in [0.15, 0.2) is 29.2 Å². The van der Waals surface area contributed by atoms with E-state index in [0.29, 0.717) is 12.8 Å². The molecule has 1 aliphatic heterocycles. The Morgan fingerprint density at radius 1 is 1.30 bits per heavy atom. The van der Waals surface area contributed by atoms with E-state index in [1.165, 1.54) is 11.8 Å². The van der Waals surface area contributed by atoms with Crippen molar-refractivity contribution in [2.75, 3.05) is 11.9 Å². The van der Waals surface area contributed by atoms with Crippen molar-refractivity contribution in [1.82, 2.24) is 5.32 Å². The van der Waals surface area contributed by atoms with E-state index in [4.69, 9.17) is 4.74 Å². The first-order valence-corrected chi connectivity index (χ1v) is 9.84. The van der Waals surface area contributed by atoms with Crippen molar-refractivity contribution >= 4 is 35.2 Å². The van der Waals surface area contributed by atoms with E-state index < -0.39 is 29.3 Å². The van der Waals surface area contributed by atoms with Crippen LogP contribution in [0.5, 0.6) is 0 Å². The molecule has 0 aromatic heterocycles. The summed E-state index contributed by atoms with van der Waals surface area (Å²) < 4.78 is 5.02. The van der Waals surface area contributed by atoms with Crippen LogP contribution in [0.25, 0.3) is 0 Å².